The first-order chi connectivity index (χ1) is 16.8. The van der Waals surface area contributed by atoms with Crippen molar-refractivity contribution in [3.63, 3.8) is 0 Å². The fourth-order valence-electron chi connectivity index (χ4n) is 2.79. The Balaban J connectivity index is 1.62. The first-order valence-electron chi connectivity index (χ1n) is 10.2. The van der Waals surface area contributed by atoms with Gasteiger partial charge in [-0.05, 0) is 61.0 Å². The first kappa shape index (κ1) is 26.6. The molecule has 0 radical (unpaired) electrons. The Bertz CT molecular complexity index is 1250. The van der Waals surface area contributed by atoms with Gasteiger partial charge in [-0.15, -0.1) is 0 Å². The second-order valence-corrected chi connectivity index (χ2v) is 8.54. The van der Waals surface area contributed by atoms with Gasteiger partial charge in [-0.25, -0.2) is 5.43 Å². The summed E-state index contributed by atoms with van der Waals surface area (Å²) in [7, 11) is 0. The van der Waals surface area contributed by atoms with E-state index in [0.717, 1.165) is 0 Å². The molecule has 0 bridgehead atoms. The van der Waals surface area contributed by atoms with E-state index in [2.05, 4.69) is 15.8 Å². The van der Waals surface area contributed by atoms with Crippen molar-refractivity contribution in [1.29, 1.82) is 0 Å². The number of nitrogens with zero attached hydrogens (tertiary/aromatic N) is 1. The number of anilines is 1. The molecule has 0 spiro atoms. The third-order valence-corrected chi connectivity index (χ3v) is 5.91. The summed E-state index contributed by atoms with van der Waals surface area (Å²) in [5.41, 5.74) is 3.74. The number of hydrogen-bond donors (Lipinski definition) is 2. The Morgan fingerprint density at radius 3 is 2.29 bits per heavy atom. The van der Waals surface area contributed by atoms with Gasteiger partial charge in [0, 0.05) is 21.3 Å². The largest absolute Gasteiger partial charge is 0.490 e. The second-order valence-electron chi connectivity index (χ2n) is 6.91. The van der Waals surface area contributed by atoms with Crippen molar-refractivity contribution in [3.8, 4) is 11.5 Å². The molecule has 0 aliphatic heterocycles. The normalized spacial score (nSPS) is 10.8. The van der Waals surface area contributed by atoms with Crippen LogP contribution >= 0.6 is 46.4 Å². The Labute approximate surface area is 221 Å². The average Bonchev–Trinajstić information content (AvgIpc) is 2.82. The SMILES string of the molecule is CCOc1cc(/C=N/NC(=O)C(=O)Nc2ccc(Cl)c(Cl)c2)ccc1OCc1c(Cl)cccc1Cl. The maximum atomic E-state index is 12.0. The Kier molecular flexibility index (Phi) is 9.63. The van der Waals surface area contributed by atoms with Crippen molar-refractivity contribution in [2.24, 2.45) is 5.10 Å². The number of amides is 2. The minimum atomic E-state index is -0.964. The van der Waals surface area contributed by atoms with Gasteiger partial charge in [0.05, 0.1) is 22.9 Å². The highest BCUT2D eigenvalue weighted by atomic mass is 35.5. The molecule has 11 heteroatoms. The number of carbonyl (C=O) groups is 2. The van der Waals surface area contributed by atoms with Crippen LogP contribution in [-0.2, 0) is 16.2 Å². The van der Waals surface area contributed by atoms with Crippen molar-refractivity contribution >= 4 is 70.1 Å². The zero-order valence-electron chi connectivity index (χ0n) is 18.3. The summed E-state index contributed by atoms with van der Waals surface area (Å²) in [6.45, 7) is 2.38. The van der Waals surface area contributed by atoms with Crippen LogP contribution in [0.4, 0.5) is 5.69 Å². The number of halogens is 4. The molecule has 35 heavy (non-hydrogen) atoms. The highest BCUT2D eigenvalue weighted by Crippen LogP contribution is 2.31. The third kappa shape index (κ3) is 7.50. The third-order valence-electron chi connectivity index (χ3n) is 4.46. The predicted octanol–water partition coefficient (Wildman–Crippen LogP) is 6.37. The number of carbonyl (C=O) groups excluding carboxylic acids is 2. The monoisotopic (exact) mass is 553 g/mol. The fraction of sp³-hybridized carbons (Fsp3) is 0.125. The lowest BCUT2D eigenvalue weighted by Crippen LogP contribution is -2.32. The molecule has 3 aromatic carbocycles. The summed E-state index contributed by atoms with van der Waals surface area (Å²) in [6.07, 6.45) is 1.36. The van der Waals surface area contributed by atoms with Crippen molar-refractivity contribution in [2.45, 2.75) is 13.5 Å². The second kappa shape index (κ2) is 12.7. The molecule has 7 nitrogen and oxygen atoms in total. The van der Waals surface area contributed by atoms with Crippen LogP contribution in [0, 0.1) is 0 Å². The van der Waals surface area contributed by atoms with Gasteiger partial charge in [0.2, 0.25) is 0 Å². The molecule has 0 unspecified atom stereocenters. The van der Waals surface area contributed by atoms with Crippen LogP contribution in [0.3, 0.4) is 0 Å². The van der Waals surface area contributed by atoms with Crippen molar-refractivity contribution in [3.05, 3.63) is 85.8 Å². The van der Waals surface area contributed by atoms with Crippen LogP contribution in [0.1, 0.15) is 18.1 Å². The van der Waals surface area contributed by atoms with Crippen molar-refractivity contribution in [2.75, 3.05) is 11.9 Å². The van der Waals surface area contributed by atoms with Crippen LogP contribution < -0.4 is 20.2 Å². The van der Waals surface area contributed by atoms with E-state index in [9.17, 15) is 9.59 Å². The highest BCUT2D eigenvalue weighted by Gasteiger charge is 2.14. The van der Waals surface area contributed by atoms with E-state index in [4.69, 9.17) is 55.9 Å². The molecule has 0 saturated heterocycles. The van der Waals surface area contributed by atoms with Gasteiger partial charge in [-0.2, -0.15) is 5.10 Å². The molecule has 3 aromatic rings. The van der Waals surface area contributed by atoms with E-state index in [0.29, 0.717) is 50.0 Å². The molecule has 2 N–H and O–H groups in total. The van der Waals surface area contributed by atoms with E-state index in [1.54, 1.807) is 36.4 Å². The lowest BCUT2D eigenvalue weighted by molar-refractivity contribution is -0.136. The topological polar surface area (TPSA) is 89.0 Å². The summed E-state index contributed by atoms with van der Waals surface area (Å²) >= 11 is 24.1. The van der Waals surface area contributed by atoms with Gasteiger partial charge in [-0.3, -0.25) is 9.59 Å². The molecule has 0 heterocycles. The molecule has 0 saturated carbocycles. The Morgan fingerprint density at radius 1 is 0.857 bits per heavy atom. The maximum Gasteiger partial charge on any atom is 0.329 e. The summed E-state index contributed by atoms with van der Waals surface area (Å²) in [6, 6.07) is 14.7. The molecular formula is C24H19Cl4N3O4. The van der Waals surface area contributed by atoms with E-state index >= 15 is 0 Å². The highest BCUT2D eigenvalue weighted by molar-refractivity contribution is 6.43. The molecule has 0 aliphatic rings. The zero-order chi connectivity index (χ0) is 25.4. The first-order valence-corrected chi connectivity index (χ1v) is 11.7. The average molecular weight is 555 g/mol. The van der Waals surface area contributed by atoms with Gasteiger partial charge in [0.15, 0.2) is 11.5 Å². The van der Waals surface area contributed by atoms with Crippen LogP contribution in [0.2, 0.25) is 20.1 Å². The number of rotatable bonds is 8. The molecule has 0 aromatic heterocycles. The smallest absolute Gasteiger partial charge is 0.329 e. The van der Waals surface area contributed by atoms with Gasteiger partial charge >= 0.3 is 11.8 Å². The molecular weight excluding hydrogens is 536 g/mol. The van der Waals surface area contributed by atoms with Crippen LogP contribution in [-0.4, -0.2) is 24.6 Å². The van der Waals surface area contributed by atoms with Gasteiger partial charge in [0.25, 0.3) is 0 Å². The van der Waals surface area contributed by atoms with E-state index in [1.165, 1.54) is 24.4 Å². The minimum Gasteiger partial charge on any atom is -0.490 e. The van der Waals surface area contributed by atoms with E-state index in [1.807, 2.05) is 6.92 Å². The van der Waals surface area contributed by atoms with E-state index < -0.39 is 11.8 Å². The van der Waals surface area contributed by atoms with Gasteiger partial charge < -0.3 is 14.8 Å². The Hall–Kier alpha value is -2.97. The van der Waals surface area contributed by atoms with Crippen molar-refractivity contribution < 1.29 is 19.1 Å². The molecule has 0 atom stereocenters. The van der Waals surface area contributed by atoms with Crippen molar-refractivity contribution in [1.82, 2.24) is 5.43 Å². The Morgan fingerprint density at radius 2 is 1.60 bits per heavy atom. The standard InChI is InChI=1S/C24H19Cl4N3O4/c1-2-34-22-10-14(6-9-21(22)35-13-16-17(25)4-3-5-18(16)26)12-29-31-24(33)23(32)30-15-7-8-19(27)20(28)11-15/h3-12H,2,13H2,1H3,(H,30,32)(H,31,33)/b29-12+. The predicted molar refractivity (Wildman–Crippen MR) is 139 cm³/mol. The van der Waals surface area contributed by atoms with E-state index in [-0.39, 0.29) is 11.6 Å². The lowest BCUT2D eigenvalue weighted by atomic mass is 10.2. The fourth-order valence-corrected chi connectivity index (χ4v) is 3.60. The molecule has 3 rings (SSSR count). The number of hydrazone groups is 1. The quantitative estimate of drug-likeness (QED) is 0.192. The molecule has 2 amide bonds. The zero-order valence-corrected chi connectivity index (χ0v) is 21.3. The summed E-state index contributed by atoms with van der Waals surface area (Å²) in [5, 5.41) is 7.79. The van der Waals surface area contributed by atoms with Gasteiger partial charge in [0.1, 0.15) is 6.61 Å². The number of benzene rings is 3. The summed E-state index contributed by atoms with van der Waals surface area (Å²) in [5.74, 6) is -0.945. The number of hydrogen-bond acceptors (Lipinski definition) is 5. The van der Waals surface area contributed by atoms with Crippen LogP contribution in [0.5, 0.6) is 11.5 Å². The van der Waals surface area contributed by atoms with Crippen LogP contribution in [0.15, 0.2) is 59.7 Å². The summed E-state index contributed by atoms with van der Waals surface area (Å²) < 4.78 is 11.5. The minimum absolute atomic E-state index is 0.149. The van der Waals surface area contributed by atoms with Crippen LogP contribution in [0.25, 0.3) is 0 Å². The molecule has 0 aliphatic carbocycles. The molecule has 0 fully saturated rings. The van der Waals surface area contributed by atoms with Gasteiger partial charge in [-0.1, -0.05) is 52.5 Å². The number of nitrogens with one attached hydrogen (secondary N) is 2. The summed E-state index contributed by atoms with van der Waals surface area (Å²) in [4.78, 5) is 24.1. The lowest BCUT2D eigenvalue weighted by Gasteiger charge is -2.14. The number of ether oxygens (including phenoxy) is 2. The maximum absolute atomic E-state index is 12.0. The molecule has 182 valence electrons.